The molecular weight excluding hydrogens is 318 g/mol. The minimum Gasteiger partial charge on any atom is -0.372 e. The molecule has 1 N–H and O–H groups in total. The molecule has 1 unspecified atom stereocenters. The van der Waals surface area contributed by atoms with Crippen LogP contribution in [0.25, 0.3) is 10.8 Å². The van der Waals surface area contributed by atoms with Crippen molar-refractivity contribution in [3.63, 3.8) is 0 Å². The lowest BCUT2D eigenvalue weighted by atomic mass is 9.84. The van der Waals surface area contributed by atoms with Crippen LogP contribution in [0.2, 0.25) is 0 Å². The van der Waals surface area contributed by atoms with Crippen LogP contribution in [0.15, 0.2) is 66.7 Å². The highest BCUT2D eigenvalue weighted by Gasteiger charge is 2.31. The molecule has 1 aliphatic rings. The van der Waals surface area contributed by atoms with Gasteiger partial charge >= 0.3 is 0 Å². The van der Waals surface area contributed by atoms with Crippen molar-refractivity contribution in [1.82, 2.24) is 0 Å². The highest BCUT2D eigenvalue weighted by molar-refractivity contribution is 5.87. The first-order valence-electron chi connectivity index (χ1n) is 9.26. The maximum Gasteiger partial charge on any atom is 0.177 e. The molecule has 3 aromatic rings. The van der Waals surface area contributed by atoms with E-state index >= 15 is 0 Å². The van der Waals surface area contributed by atoms with Gasteiger partial charge in [-0.05, 0) is 42.2 Å². The largest absolute Gasteiger partial charge is 0.372 e. The van der Waals surface area contributed by atoms with Crippen LogP contribution in [0.5, 0.6) is 0 Å². The topological polar surface area (TPSA) is 23.5 Å². The van der Waals surface area contributed by atoms with Gasteiger partial charge in [-0.25, -0.2) is 0 Å². The van der Waals surface area contributed by atoms with Gasteiger partial charge in [0.05, 0.1) is 0 Å². The van der Waals surface area contributed by atoms with Crippen LogP contribution in [0.1, 0.15) is 30.4 Å². The van der Waals surface area contributed by atoms with Crippen molar-refractivity contribution in [2.45, 2.75) is 24.9 Å². The zero-order chi connectivity index (χ0) is 18.0. The Bertz CT molecular complexity index is 943. The Labute approximate surface area is 155 Å². The van der Waals surface area contributed by atoms with Gasteiger partial charge in [0.1, 0.15) is 0 Å². The summed E-state index contributed by atoms with van der Waals surface area (Å²) in [5.74, 6) is 2.64. The summed E-state index contributed by atoms with van der Waals surface area (Å²) in [5, 5.41) is 13.5. The molecule has 26 heavy (non-hydrogen) atoms. The first kappa shape index (κ1) is 16.7. The molecule has 2 heteroatoms. The third-order valence-electron chi connectivity index (χ3n) is 5.39. The number of nitrogens with zero attached hydrogens (tertiary/aromatic N) is 1. The summed E-state index contributed by atoms with van der Waals surface area (Å²) in [6, 6.07) is 22.0. The van der Waals surface area contributed by atoms with E-state index in [2.05, 4.69) is 23.0 Å². The van der Waals surface area contributed by atoms with Gasteiger partial charge in [-0.3, -0.25) is 0 Å². The smallest absolute Gasteiger partial charge is 0.177 e. The number of terminal acetylenes is 1. The quantitative estimate of drug-likeness (QED) is 0.698. The zero-order valence-electron chi connectivity index (χ0n) is 14.9. The Morgan fingerprint density at radius 2 is 1.54 bits per heavy atom. The molecule has 1 aliphatic heterocycles. The number of hydrogen-bond acceptors (Lipinski definition) is 2. The molecule has 1 heterocycles. The van der Waals surface area contributed by atoms with Crippen LogP contribution in [-0.2, 0) is 5.60 Å². The molecule has 3 aromatic carbocycles. The fourth-order valence-corrected chi connectivity index (χ4v) is 3.92. The predicted molar refractivity (Wildman–Crippen MR) is 108 cm³/mol. The number of piperidine rings is 1. The lowest BCUT2D eigenvalue weighted by Crippen LogP contribution is -2.29. The highest BCUT2D eigenvalue weighted by Crippen LogP contribution is 2.35. The SMILES string of the molecule is C#CC(O)(c1ccc(N2CCCCC2)cc1)c1cccc2ccccc12. The van der Waals surface area contributed by atoms with Gasteiger partial charge < -0.3 is 10.0 Å². The monoisotopic (exact) mass is 341 g/mol. The lowest BCUT2D eigenvalue weighted by molar-refractivity contribution is 0.147. The summed E-state index contributed by atoms with van der Waals surface area (Å²) < 4.78 is 0. The molecule has 1 saturated heterocycles. The van der Waals surface area contributed by atoms with E-state index in [0.717, 1.165) is 35.0 Å². The molecule has 4 rings (SSSR count). The summed E-state index contributed by atoms with van der Waals surface area (Å²) in [6.45, 7) is 2.20. The summed E-state index contributed by atoms with van der Waals surface area (Å²) in [5.41, 5.74) is 1.24. The van der Waals surface area contributed by atoms with Gasteiger partial charge in [0.25, 0.3) is 0 Å². The standard InChI is InChI=1S/C24H23NO/c1-2-24(26,23-12-8-10-19-9-4-5-11-22(19)23)20-13-15-21(16-14-20)25-17-6-3-7-18-25/h1,4-5,8-16,26H,3,6-7,17-18H2. The summed E-state index contributed by atoms with van der Waals surface area (Å²) in [7, 11) is 0. The molecule has 0 saturated carbocycles. The molecule has 0 spiro atoms. The van der Waals surface area contributed by atoms with E-state index in [1.54, 1.807) is 0 Å². The fourth-order valence-electron chi connectivity index (χ4n) is 3.92. The molecule has 2 nitrogen and oxygen atoms in total. The van der Waals surface area contributed by atoms with Crippen LogP contribution in [0.3, 0.4) is 0 Å². The minimum atomic E-state index is -1.44. The summed E-state index contributed by atoms with van der Waals surface area (Å²) in [6.07, 6.45) is 9.63. The molecule has 0 radical (unpaired) electrons. The molecular formula is C24H23NO. The van der Waals surface area contributed by atoms with E-state index in [1.807, 2.05) is 54.6 Å². The van der Waals surface area contributed by atoms with E-state index in [-0.39, 0.29) is 0 Å². The summed E-state index contributed by atoms with van der Waals surface area (Å²) in [4.78, 5) is 2.40. The Morgan fingerprint density at radius 1 is 0.846 bits per heavy atom. The normalized spacial score (nSPS) is 16.8. The third kappa shape index (κ3) is 2.85. The van der Waals surface area contributed by atoms with Gasteiger partial charge in [0, 0.05) is 29.9 Å². The van der Waals surface area contributed by atoms with E-state index < -0.39 is 5.60 Å². The number of benzene rings is 3. The minimum absolute atomic E-state index is 0.733. The third-order valence-corrected chi connectivity index (χ3v) is 5.39. The second-order valence-electron chi connectivity index (χ2n) is 6.98. The van der Waals surface area contributed by atoms with E-state index in [4.69, 9.17) is 6.42 Å². The Balaban J connectivity index is 1.75. The maximum absolute atomic E-state index is 11.4. The van der Waals surface area contributed by atoms with Gasteiger partial charge in [0.2, 0.25) is 0 Å². The molecule has 0 amide bonds. The second-order valence-corrected chi connectivity index (χ2v) is 6.98. The van der Waals surface area contributed by atoms with Crippen molar-refractivity contribution in [1.29, 1.82) is 0 Å². The highest BCUT2D eigenvalue weighted by atomic mass is 16.3. The van der Waals surface area contributed by atoms with Gasteiger partial charge in [-0.2, -0.15) is 0 Å². The number of aliphatic hydroxyl groups is 1. The number of rotatable bonds is 3. The second kappa shape index (κ2) is 6.86. The van der Waals surface area contributed by atoms with Crippen LogP contribution in [0.4, 0.5) is 5.69 Å². The average Bonchev–Trinajstić information content (AvgIpc) is 2.73. The van der Waals surface area contributed by atoms with E-state index in [0.29, 0.717) is 0 Å². The van der Waals surface area contributed by atoms with Crippen molar-refractivity contribution in [2.75, 3.05) is 18.0 Å². The zero-order valence-corrected chi connectivity index (χ0v) is 14.9. The van der Waals surface area contributed by atoms with Gasteiger partial charge in [0.15, 0.2) is 5.60 Å². The van der Waals surface area contributed by atoms with Crippen molar-refractivity contribution in [3.05, 3.63) is 77.9 Å². The lowest BCUT2D eigenvalue weighted by Gasteiger charge is -2.30. The Kier molecular flexibility index (Phi) is 4.41. The fraction of sp³-hybridized carbons (Fsp3) is 0.250. The average molecular weight is 341 g/mol. The van der Waals surface area contributed by atoms with Crippen molar-refractivity contribution >= 4 is 16.5 Å². The van der Waals surface area contributed by atoms with Crippen LogP contribution in [-0.4, -0.2) is 18.2 Å². The van der Waals surface area contributed by atoms with E-state index in [1.165, 1.54) is 24.9 Å². The Morgan fingerprint density at radius 3 is 2.27 bits per heavy atom. The van der Waals surface area contributed by atoms with Gasteiger partial charge in [-0.1, -0.05) is 60.5 Å². The molecule has 1 atom stereocenters. The number of hydrogen-bond donors (Lipinski definition) is 1. The predicted octanol–water partition coefficient (Wildman–Crippen LogP) is 4.70. The van der Waals surface area contributed by atoms with Crippen molar-refractivity contribution in [3.8, 4) is 12.3 Å². The maximum atomic E-state index is 11.4. The first-order chi connectivity index (χ1) is 12.7. The van der Waals surface area contributed by atoms with Crippen LogP contribution in [0, 0.1) is 12.3 Å². The van der Waals surface area contributed by atoms with Crippen molar-refractivity contribution in [2.24, 2.45) is 0 Å². The van der Waals surface area contributed by atoms with E-state index in [9.17, 15) is 5.11 Å². The van der Waals surface area contributed by atoms with Crippen LogP contribution < -0.4 is 4.90 Å². The van der Waals surface area contributed by atoms with Crippen LogP contribution >= 0.6 is 0 Å². The number of anilines is 1. The first-order valence-corrected chi connectivity index (χ1v) is 9.26. The van der Waals surface area contributed by atoms with Crippen molar-refractivity contribution < 1.29 is 5.11 Å². The van der Waals surface area contributed by atoms with Gasteiger partial charge in [-0.15, -0.1) is 6.42 Å². The summed E-state index contributed by atoms with van der Waals surface area (Å²) >= 11 is 0. The number of fused-ring (bicyclic) bond motifs is 1. The molecule has 0 bridgehead atoms. The Hall–Kier alpha value is -2.76. The molecule has 130 valence electrons. The molecule has 0 aliphatic carbocycles. The molecule has 0 aromatic heterocycles. The molecule has 1 fully saturated rings.